The van der Waals surface area contributed by atoms with Gasteiger partial charge < -0.3 is 11.1 Å². The summed E-state index contributed by atoms with van der Waals surface area (Å²) in [5.74, 6) is 0. The maximum absolute atomic E-state index is 5.72. The van der Waals surface area contributed by atoms with Crippen molar-refractivity contribution in [1.29, 1.82) is 0 Å². The van der Waals surface area contributed by atoms with Crippen molar-refractivity contribution in [3.63, 3.8) is 0 Å². The molecule has 0 saturated heterocycles. The summed E-state index contributed by atoms with van der Waals surface area (Å²) in [6.07, 6.45) is 2.38. The van der Waals surface area contributed by atoms with E-state index >= 15 is 0 Å². The molecule has 0 aromatic heterocycles. The van der Waals surface area contributed by atoms with Crippen LogP contribution in [0.3, 0.4) is 0 Å². The third kappa shape index (κ3) is 2.10. The molecule has 3 N–H and O–H groups in total. The fourth-order valence-electron chi connectivity index (χ4n) is 1.65. The highest BCUT2D eigenvalue weighted by Crippen LogP contribution is 2.38. The molecule has 0 amide bonds. The molecule has 1 saturated carbocycles. The normalized spacial score (nSPS) is 17.9. The van der Waals surface area contributed by atoms with E-state index in [1.807, 2.05) is 0 Å². The number of hydrogen-bond donors (Lipinski definition) is 2. The van der Waals surface area contributed by atoms with E-state index in [2.05, 4.69) is 46.4 Å². The van der Waals surface area contributed by atoms with Crippen LogP contribution < -0.4 is 11.1 Å². The van der Waals surface area contributed by atoms with Gasteiger partial charge in [-0.25, -0.2) is 0 Å². The molecule has 0 radical (unpaired) electrons. The first kappa shape index (κ1) is 9.99. The average molecular weight is 255 g/mol. The van der Waals surface area contributed by atoms with Gasteiger partial charge in [-0.3, -0.25) is 0 Å². The first-order valence-electron chi connectivity index (χ1n) is 4.89. The maximum atomic E-state index is 5.72. The van der Waals surface area contributed by atoms with Crippen LogP contribution in [0.25, 0.3) is 0 Å². The van der Waals surface area contributed by atoms with Crippen LogP contribution in [0.5, 0.6) is 0 Å². The van der Waals surface area contributed by atoms with E-state index in [4.69, 9.17) is 5.73 Å². The van der Waals surface area contributed by atoms with Crippen molar-refractivity contribution >= 4 is 21.6 Å². The number of hydrogen-bond acceptors (Lipinski definition) is 2. The Kier molecular flexibility index (Phi) is 2.54. The molecule has 14 heavy (non-hydrogen) atoms. The van der Waals surface area contributed by atoms with Crippen molar-refractivity contribution in [1.82, 2.24) is 0 Å². The summed E-state index contributed by atoms with van der Waals surface area (Å²) in [5.41, 5.74) is 8.33. The lowest BCUT2D eigenvalue weighted by molar-refractivity contribution is 0.742. The topological polar surface area (TPSA) is 38.0 Å². The second-order valence-electron chi connectivity index (χ2n) is 4.13. The largest absolute Gasteiger partial charge is 0.378 e. The van der Waals surface area contributed by atoms with E-state index in [-0.39, 0.29) is 5.54 Å². The minimum Gasteiger partial charge on any atom is -0.378 e. The standard InChI is InChI=1S/C11H15BrN2/c1-8-4-9(12)6-10(5-8)14-11(7-13)2-3-11/h4-6,14H,2-3,7,13H2,1H3. The number of benzene rings is 1. The van der Waals surface area contributed by atoms with Crippen molar-refractivity contribution in [3.05, 3.63) is 28.2 Å². The first-order chi connectivity index (χ1) is 6.63. The summed E-state index contributed by atoms with van der Waals surface area (Å²) in [6, 6.07) is 6.36. The van der Waals surface area contributed by atoms with Gasteiger partial charge >= 0.3 is 0 Å². The summed E-state index contributed by atoms with van der Waals surface area (Å²) < 4.78 is 1.12. The SMILES string of the molecule is Cc1cc(Br)cc(NC2(CN)CC2)c1. The predicted octanol–water partition coefficient (Wildman–Crippen LogP) is 2.66. The molecular formula is C11H15BrN2. The summed E-state index contributed by atoms with van der Waals surface area (Å²) in [7, 11) is 0. The van der Waals surface area contributed by atoms with Gasteiger partial charge in [0.05, 0.1) is 0 Å². The molecule has 0 spiro atoms. The second kappa shape index (κ2) is 3.55. The Labute approximate surface area is 93.0 Å². The van der Waals surface area contributed by atoms with Crippen molar-refractivity contribution < 1.29 is 0 Å². The summed E-state index contributed by atoms with van der Waals surface area (Å²) >= 11 is 3.49. The Morgan fingerprint density at radius 3 is 2.64 bits per heavy atom. The first-order valence-corrected chi connectivity index (χ1v) is 5.68. The van der Waals surface area contributed by atoms with E-state index in [1.165, 1.54) is 24.1 Å². The monoisotopic (exact) mass is 254 g/mol. The van der Waals surface area contributed by atoms with Gasteiger partial charge in [-0.15, -0.1) is 0 Å². The van der Waals surface area contributed by atoms with Gasteiger partial charge in [0.15, 0.2) is 0 Å². The van der Waals surface area contributed by atoms with Crippen LogP contribution in [0.4, 0.5) is 5.69 Å². The van der Waals surface area contributed by atoms with Crippen LogP contribution in [-0.4, -0.2) is 12.1 Å². The maximum Gasteiger partial charge on any atom is 0.0497 e. The van der Waals surface area contributed by atoms with Gasteiger partial charge in [-0.05, 0) is 43.5 Å². The molecule has 1 aliphatic rings. The van der Waals surface area contributed by atoms with Crippen molar-refractivity contribution in [2.45, 2.75) is 25.3 Å². The molecule has 1 aromatic rings. The number of anilines is 1. The quantitative estimate of drug-likeness (QED) is 0.871. The zero-order valence-electron chi connectivity index (χ0n) is 8.31. The highest BCUT2D eigenvalue weighted by Gasteiger charge is 2.41. The summed E-state index contributed by atoms with van der Waals surface area (Å²) in [4.78, 5) is 0. The predicted molar refractivity (Wildman–Crippen MR) is 63.5 cm³/mol. The molecule has 0 heterocycles. The minimum absolute atomic E-state index is 0.188. The lowest BCUT2D eigenvalue weighted by atomic mass is 10.2. The van der Waals surface area contributed by atoms with E-state index in [0.717, 1.165) is 11.0 Å². The number of rotatable bonds is 3. The molecule has 76 valence electrons. The number of nitrogens with one attached hydrogen (secondary N) is 1. The Morgan fingerprint density at radius 2 is 2.14 bits per heavy atom. The van der Waals surface area contributed by atoms with E-state index in [1.54, 1.807) is 0 Å². The van der Waals surface area contributed by atoms with Crippen molar-refractivity contribution in [3.8, 4) is 0 Å². The Bertz CT molecular complexity index is 325. The van der Waals surface area contributed by atoms with Gasteiger partial charge in [-0.2, -0.15) is 0 Å². The van der Waals surface area contributed by atoms with E-state index in [0.29, 0.717) is 0 Å². The molecule has 0 aliphatic heterocycles. The fourth-order valence-corrected chi connectivity index (χ4v) is 2.25. The third-order valence-electron chi connectivity index (χ3n) is 2.70. The van der Waals surface area contributed by atoms with Gasteiger partial charge in [-0.1, -0.05) is 15.9 Å². The molecule has 0 bridgehead atoms. The van der Waals surface area contributed by atoms with E-state index < -0.39 is 0 Å². The molecule has 1 aromatic carbocycles. The van der Waals surface area contributed by atoms with Crippen molar-refractivity contribution in [2.24, 2.45) is 5.73 Å². The summed E-state index contributed by atoms with van der Waals surface area (Å²) in [6.45, 7) is 2.82. The molecule has 1 fully saturated rings. The van der Waals surface area contributed by atoms with Crippen molar-refractivity contribution in [2.75, 3.05) is 11.9 Å². The molecule has 3 heteroatoms. The fraction of sp³-hybridized carbons (Fsp3) is 0.455. The second-order valence-corrected chi connectivity index (χ2v) is 5.04. The van der Waals surface area contributed by atoms with Crippen LogP contribution in [0.1, 0.15) is 18.4 Å². The number of aryl methyl sites for hydroxylation is 1. The Balaban J connectivity index is 2.16. The molecule has 2 rings (SSSR count). The molecule has 1 aliphatic carbocycles. The van der Waals surface area contributed by atoms with Gasteiger partial charge in [0.25, 0.3) is 0 Å². The van der Waals surface area contributed by atoms with Crippen LogP contribution in [0.15, 0.2) is 22.7 Å². The third-order valence-corrected chi connectivity index (χ3v) is 3.15. The Morgan fingerprint density at radius 1 is 1.43 bits per heavy atom. The molecule has 0 atom stereocenters. The van der Waals surface area contributed by atoms with Crippen LogP contribution in [0, 0.1) is 6.92 Å². The van der Waals surface area contributed by atoms with Gasteiger partial charge in [0.1, 0.15) is 0 Å². The van der Waals surface area contributed by atoms with Gasteiger partial charge in [0, 0.05) is 22.2 Å². The summed E-state index contributed by atoms with van der Waals surface area (Å²) in [5, 5.41) is 3.51. The average Bonchev–Trinajstić information content (AvgIpc) is 2.83. The Hall–Kier alpha value is -0.540. The highest BCUT2D eigenvalue weighted by atomic mass is 79.9. The zero-order chi connectivity index (χ0) is 10.2. The van der Waals surface area contributed by atoms with Gasteiger partial charge in [0.2, 0.25) is 0 Å². The lowest BCUT2D eigenvalue weighted by Gasteiger charge is -2.17. The van der Waals surface area contributed by atoms with E-state index in [9.17, 15) is 0 Å². The van der Waals surface area contributed by atoms with Crippen LogP contribution >= 0.6 is 15.9 Å². The molecule has 2 nitrogen and oxygen atoms in total. The lowest BCUT2D eigenvalue weighted by Crippen LogP contribution is -2.30. The van der Waals surface area contributed by atoms with Crippen LogP contribution in [-0.2, 0) is 0 Å². The number of nitrogens with two attached hydrogens (primary N) is 1. The molecular weight excluding hydrogens is 240 g/mol. The smallest absolute Gasteiger partial charge is 0.0497 e. The zero-order valence-corrected chi connectivity index (χ0v) is 9.89. The minimum atomic E-state index is 0.188. The van der Waals surface area contributed by atoms with Crippen LogP contribution in [0.2, 0.25) is 0 Å². The highest BCUT2D eigenvalue weighted by molar-refractivity contribution is 9.10. The molecule has 0 unspecified atom stereocenters. The number of halogens is 1.